The summed E-state index contributed by atoms with van der Waals surface area (Å²) in [6, 6.07) is 12.8. The number of anilines is 1. The van der Waals surface area contributed by atoms with Crippen LogP contribution in [0.5, 0.6) is 0 Å². The number of unbranched alkanes of at least 4 members (excludes halogenated alkanes) is 2. The highest BCUT2D eigenvalue weighted by atomic mass is 19.4. The number of nitrogens with two attached hydrogens (primary N) is 1. The number of allylic oxidation sites excluding steroid dienone is 2. The Balaban J connectivity index is 0.000000534. The van der Waals surface area contributed by atoms with Crippen molar-refractivity contribution in [3.8, 4) is 0 Å². The van der Waals surface area contributed by atoms with Gasteiger partial charge in [0.25, 0.3) is 0 Å². The van der Waals surface area contributed by atoms with Gasteiger partial charge in [0.15, 0.2) is 0 Å². The summed E-state index contributed by atoms with van der Waals surface area (Å²) in [5.74, 6) is 0.476. The number of aliphatic imine (C=N–C) groups is 1. The molecule has 32 heavy (non-hydrogen) atoms. The van der Waals surface area contributed by atoms with Crippen molar-refractivity contribution in [2.45, 2.75) is 45.5 Å². The first kappa shape index (κ1) is 25.2. The maximum atomic E-state index is 13.4. The van der Waals surface area contributed by atoms with Gasteiger partial charge in [-0.05, 0) is 44.2 Å². The molecule has 4 nitrogen and oxygen atoms in total. The van der Waals surface area contributed by atoms with Crippen molar-refractivity contribution in [3.05, 3.63) is 89.6 Å². The molecule has 0 amide bonds. The van der Waals surface area contributed by atoms with E-state index in [0.29, 0.717) is 17.2 Å². The van der Waals surface area contributed by atoms with Crippen LogP contribution in [0.4, 0.5) is 18.9 Å². The fraction of sp³-hybridized carbons (Fsp3) is 0.320. The molecule has 3 rings (SSSR count). The van der Waals surface area contributed by atoms with Gasteiger partial charge in [0.1, 0.15) is 12.0 Å². The van der Waals surface area contributed by atoms with Gasteiger partial charge < -0.3 is 16.4 Å². The number of rotatable bonds is 6. The summed E-state index contributed by atoms with van der Waals surface area (Å²) >= 11 is 0. The molecule has 1 aliphatic heterocycles. The van der Waals surface area contributed by atoms with E-state index in [2.05, 4.69) is 29.1 Å². The van der Waals surface area contributed by atoms with Crippen LogP contribution in [0.15, 0.2) is 78.0 Å². The Morgan fingerprint density at radius 1 is 1.16 bits per heavy atom. The van der Waals surface area contributed by atoms with Gasteiger partial charge in [-0.3, -0.25) is 0 Å². The van der Waals surface area contributed by atoms with Crippen molar-refractivity contribution in [1.29, 1.82) is 0 Å². The first-order valence-electron chi connectivity index (χ1n) is 10.7. The molecular weight excluding hydrogens is 413 g/mol. The van der Waals surface area contributed by atoms with Gasteiger partial charge >= 0.3 is 6.18 Å². The molecule has 1 atom stereocenters. The molecule has 0 saturated heterocycles. The number of para-hydroxylation sites is 1. The van der Waals surface area contributed by atoms with E-state index in [-0.39, 0.29) is 5.56 Å². The van der Waals surface area contributed by atoms with Crippen LogP contribution < -0.4 is 16.4 Å². The Kier molecular flexibility index (Phi) is 9.53. The van der Waals surface area contributed by atoms with Gasteiger partial charge in [0.2, 0.25) is 0 Å². The van der Waals surface area contributed by atoms with Gasteiger partial charge in [0, 0.05) is 22.5 Å². The van der Waals surface area contributed by atoms with E-state index >= 15 is 0 Å². The van der Waals surface area contributed by atoms with E-state index in [9.17, 15) is 13.2 Å². The molecule has 0 aromatic heterocycles. The molecular formula is C25H31F3N4. The van der Waals surface area contributed by atoms with Crippen molar-refractivity contribution in [2.24, 2.45) is 10.7 Å². The van der Waals surface area contributed by atoms with Crippen molar-refractivity contribution < 1.29 is 13.2 Å². The average Bonchev–Trinajstić information content (AvgIpc) is 2.77. The summed E-state index contributed by atoms with van der Waals surface area (Å²) in [5, 5.41) is 6.17. The third-order valence-corrected chi connectivity index (χ3v) is 4.75. The third kappa shape index (κ3) is 6.99. The second-order valence-corrected chi connectivity index (χ2v) is 7.30. The monoisotopic (exact) mass is 444 g/mol. The molecule has 2 aromatic rings. The first-order valence-corrected chi connectivity index (χ1v) is 10.7. The summed E-state index contributed by atoms with van der Waals surface area (Å²) in [5.41, 5.74) is 6.68. The lowest BCUT2D eigenvalue weighted by atomic mass is 10.0. The van der Waals surface area contributed by atoms with Crippen LogP contribution in [0.2, 0.25) is 0 Å². The second kappa shape index (κ2) is 12.1. The highest BCUT2D eigenvalue weighted by Gasteiger charge is 2.36. The number of hydrogen-bond acceptors (Lipinski definition) is 4. The zero-order chi connectivity index (χ0) is 23.6. The highest BCUT2D eigenvalue weighted by molar-refractivity contribution is 6.05. The number of hydrogen-bond donors (Lipinski definition) is 3. The Morgan fingerprint density at radius 3 is 2.47 bits per heavy atom. The summed E-state index contributed by atoms with van der Waals surface area (Å²) in [7, 11) is 0. The summed E-state index contributed by atoms with van der Waals surface area (Å²) in [6.45, 7) is 8.77. The molecule has 0 spiro atoms. The Hall–Kier alpha value is -3.06. The number of halogens is 3. The van der Waals surface area contributed by atoms with E-state index < -0.39 is 17.9 Å². The standard InChI is InChI=1S/C20H18F3N3.C5H13N/c1-3-8-13(2)24-19-15-10-5-7-12-17(15)25-18(26-19)14-9-4-6-11-16(14)20(21,22)23;1-2-3-4-5-6/h3-12,18,25H,2H2,1H3,(H,24,26);2-6H2,1H3/b8-3-;. The number of alkyl halides is 3. The topological polar surface area (TPSA) is 62.4 Å². The fourth-order valence-electron chi connectivity index (χ4n) is 3.22. The number of amidine groups is 1. The normalized spacial score (nSPS) is 15.2. The Bertz CT molecular complexity index is 944. The molecule has 0 fully saturated rings. The van der Waals surface area contributed by atoms with Crippen molar-refractivity contribution >= 4 is 11.5 Å². The molecule has 1 unspecified atom stereocenters. The number of nitrogens with zero attached hydrogens (tertiary/aromatic N) is 1. The van der Waals surface area contributed by atoms with Gasteiger partial charge in [-0.2, -0.15) is 13.2 Å². The van der Waals surface area contributed by atoms with E-state index in [4.69, 9.17) is 5.73 Å². The molecule has 0 bridgehead atoms. The zero-order valence-electron chi connectivity index (χ0n) is 18.5. The molecule has 0 radical (unpaired) electrons. The molecule has 1 heterocycles. The molecule has 0 aliphatic carbocycles. The maximum absolute atomic E-state index is 13.4. The van der Waals surface area contributed by atoms with Crippen LogP contribution in [0.1, 0.15) is 56.0 Å². The van der Waals surface area contributed by atoms with Gasteiger partial charge in [-0.25, -0.2) is 4.99 Å². The minimum Gasteiger partial charge on any atom is -0.359 e. The van der Waals surface area contributed by atoms with E-state index in [1.54, 1.807) is 12.1 Å². The summed E-state index contributed by atoms with van der Waals surface area (Å²) < 4.78 is 40.2. The number of benzene rings is 2. The van der Waals surface area contributed by atoms with Crippen LogP contribution in [-0.2, 0) is 6.18 Å². The van der Waals surface area contributed by atoms with Gasteiger partial charge in [-0.15, -0.1) is 0 Å². The van der Waals surface area contributed by atoms with Crippen LogP contribution in [0, 0.1) is 0 Å². The Morgan fingerprint density at radius 2 is 1.84 bits per heavy atom. The van der Waals surface area contributed by atoms with Crippen molar-refractivity contribution in [1.82, 2.24) is 5.32 Å². The molecule has 7 heteroatoms. The summed E-state index contributed by atoms with van der Waals surface area (Å²) in [6.07, 6.45) is 2.03. The van der Waals surface area contributed by atoms with Crippen LogP contribution in [0.3, 0.4) is 0 Å². The van der Waals surface area contributed by atoms with E-state index in [0.717, 1.165) is 18.2 Å². The number of fused-ring (bicyclic) bond motifs is 1. The molecule has 0 saturated carbocycles. The molecule has 1 aliphatic rings. The van der Waals surface area contributed by atoms with Crippen molar-refractivity contribution in [2.75, 3.05) is 11.9 Å². The van der Waals surface area contributed by atoms with Crippen LogP contribution in [0.25, 0.3) is 0 Å². The molecule has 4 N–H and O–H groups in total. The lowest BCUT2D eigenvalue weighted by Crippen LogP contribution is -2.30. The smallest absolute Gasteiger partial charge is 0.359 e. The number of nitrogens with one attached hydrogen (secondary N) is 2. The first-order chi connectivity index (χ1) is 15.3. The van der Waals surface area contributed by atoms with E-state index in [1.807, 2.05) is 37.3 Å². The molecule has 172 valence electrons. The summed E-state index contributed by atoms with van der Waals surface area (Å²) in [4.78, 5) is 4.49. The lowest BCUT2D eigenvalue weighted by Gasteiger charge is -2.28. The largest absolute Gasteiger partial charge is 0.416 e. The zero-order valence-corrected chi connectivity index (χ0v) is 18.5. The second-order valence-electron chi connectivity index (χ2n) is 7.30. The maximum Gasteiger partial charge on any atom is 0.416 e. The predicted octanol–water partition coefficient (Wildman–Crippen LogP) is 6.39. The SMILES string of the molecule is C=C(/C=C\C)NC1=NC(c2ccccc2C(F)(F)F)Nc2ccccc21.CCCCCN. The lowest BCUT2D eigenvalue weighted by molar-refractivity contribution is -0.138. The van der Waals surface area contributed by atoms with Gasteiger partial charge in [0.05, 0.1) is 5.56 Å². The minimum absolute atomic E-state index is 0.0745. The molecule has 2 aromatic carbocycles. The highest BCUT2D eigenvalue weighted by Crippen LogP contribution is 2.38. The Labute approximate surface area is 188 Å². The third-order valence-electron chi connectivity index (χ3n) is 4.75. The predicted molar refractivity (Wildman–Crippen MR) is 126 cm³/mol. The van der Waals surface area contributed by atoms with Gasteiger partial charge in [-0.1, -0.05) is 62.8 Å². The van der Waals surface area contributed by atoms with Crippen molar-refractivity contribution in [3.63, 3.8) is 0 Å². The average molecular weight is 445 g/mol. The fourth-order valence-corrected chi connectivity index (χ4v) is 3.22. The van der Waals surface area contributed by atoms with Crippen LogP contribution in [-0.4, -0.2) is 12.4 Å². The minimum atomic E-state index is -4.45. The van der Waals surface area contributed by atoms with Crippen LogP contribution >= 0.6 is 0 Å². The van der Waals surface area contributed by atoms with E-state index in [1.165, 1.54) is 31.4 Å². The quantitative estimate of drug-likeness (QED) is 0.357.